The Morgan fingerprint density at radius 2 is 2.03 bits per heavy atom. The summed E-state index contributed by atoms with van der Waals surface area (Å²) < 4.78 is 8.17. The van der Waals surface area contributed by atoms with Crippen molar-refractivity contribution in [3.8, 4) is 0 Å². The van der Waals surface area contributed by atoms with Gasteiger partial charge >= 0.3 is 0 Å². The first kappa shape index (κ1) is 22.7. The van der Waals surface area contributed by atoms with Crippen LogP contribution < -0.4 is 0 Å². The molecule has 1 aliphatic heterocycles. The predicted octanol–water partition coefficient (Wildman–Crippen LogP) is 7.29. The summed E-state index contributed by atoms with van der Waals surface area (Å²) in [6.45, 7) is 7.07. The summed E-state index contributed by atoms with van der Waals surface area (Å²) >= 11 is 17.5. The third-order valence-electron chi connectivity index (χ3n) is 5.32. The number of hydrogen-bond donors (Lipinski definition) is 0. The standard InChI is InChI=1S/C22H22Cl2N4OS3/c1-4-7-30-20-25-19-17(14-9-22(2,3)29-10-16(14)32-19)18-26-27-21(28(18)20)31-11-12-5-6-13(23)8-15(12)24/h5-6,8H,4,7,9-11H2,1-3H3. The largest absolute Gasteiger partial charge is 0.370 e. The number of thiophene rings is 1. The minimum atomic E-state index is -0.198. The van der Waals surface area contributed by atoms with Crippen LogP contribution in [0.5, 0.6) is 0 Å². The molecule has 0 aliphatic carbocycles. The zero-order valence-electron chi connectivity index (χ0n) is 17.9. The maximum absolute atomic E-state index is 6.39. The molecule has 5 rings (SSSR count). The quantitative estimate of drug-likeness (QED) is 0.195. The van der Waals surface area contributed by atoms with E-state index in [1.165, 1.54) is 10.4 Å². The van der Waals surface area contributed by atoms with Crippen molar-refractivity contribution in [1.82, 2.24) is 19.6 Å². The molecule has 0 unspecified atom stereocenters. The minimum Gasteiger partial charge on any atom is -0.370 e. The molecule has 0 radical (unpaired) electrons. The normalized spacial score (nSPS) is 15.5. The lowest BCUT2D eigenvalue weighted by Gasteiger charge is -2.30. The Balaban J connectivity index is 1.61. The van der Waals surface area contributed by atoms with Gasteiger partial charge in [0.2, 0.25) is 0 Å². The molecule has 4 heterocycles. The second-order valence-corrected chi connectivity index (χ2v) is 12.2. The van der Waals surface area contributed by atoms with Gasteiger partial charge in [-0.2, -0.15) is 0 Å². The average molecular weight is 526 g/mol. The zero-order valence-corrected chi connectivity index (χ0v) is 21.9. The number of halogens is 2. The van der Waals surface area contributed by atoms with Gasteiger partial charge in [-0.15, -0.1) is 21.5 Å². The van der Waals surface area contributed by atoms with Crippen LogP contribution in [-0.2, 0) is 23.5 Å². The Hall–Kier alpha value is -1.03. The van der Waals surface area contributed by atoms with Gasteiger partial charge in [-0.3, -0.25) is 0 Å². The Morgan fingerprint density at radius 3 is 2.81 bits per heavy atom. The molecule has 0 atom stereocenters. The number of aromatic nitrogens is 4. The number of ether oxygens (including phenoxy) is 1. The van der Waals surface area contributed by atoms with Gasteiger partial charge < -0.3 is 4.74 Å². The van der Waals surface area contributed by atoms with Crippen LogP contribution in [0.25, 0.3) is 15.9 Å². The van der Waals surface area contributed by atoms with Crippen molar-refractivity contribution < 1.29 is 4.74 Å². The molecule has 3 aromatic heterocycles. The Morgan fingerprint density at radius 1 is 1.19 bits per heavy atom. The minimum absolute atomic E-state index is 0.198. The molecule has 0 amide bonds. The second-order valence-electron chi connectivity index (χ2n) is 8.32. The van der Waals surface area contributed by atoms with Crippen molar-refractivity contribution in [3.63, 3.8) is 0 Å². The molecule has 10 heteroatoms. The lowest BCUT2D eigenvalue weighted by molar-refractivity contribution is -0.0379. The molecular formula is C22H22Cl2N4OS3. The summed E-state index contributed by atoms with van der Waals surface area (Å²) in [7, 11) is 0. The van der Waals surface area contributed by atoms with Crippen molar-refractivity contribution in [2.24, 2.45) is 0 Å². The molecule has 32 heavy (non-hydrogen) atoms. The van der Waals surface area contributed by atoms with E-state index in [1.54, 1.807) is 40.9 Å². The van der Waals surface area contributed by atoms with Gasteiger partial charge in [0, 0.05) is 32.8 Å². The van der Waals surface area contributed by atoms with Crippen LogP contribution in [0.2, 0.25) is 10.0 Å². The number of hydrogen-bond acceptors (Lipinski definition) is 7. The molecule has 4 aromatic rings. The van der Waals surface area contributed by atoms with Crippen LogP contribution >= 0.6 is 58.1 Å². The Bertz CT molecular complexity index is 1320. The summed E-state index contributed by atoms with van der Waals surface area (Å²) in [6, 6.07) is 5.60. The predicted molar refractivity (Wildman–Crippen MR) is 136 cm³/mol. The van der Waals surface area contributed by atoms with Crippen molar-refractivity contribution in [2.45, 2.75) is 61.9 Å². The first-order valence-electron chi connectivity index (χ1n) is 10.4. The fourth-order valence-electron chi connectivity index (χ4n) is 3.75. The monoisotopic (exact) mass is 524 g/mol. The first-order chi connectivity index (χ1) is 15.4. The maximum Gasteiger partial charge on any atom is 0.198 e. The highest BCUT2D eigenvalue weighted by Gasteiger charge is 2.31. The van der Waals surface area contributed by atoms with E-state index in [0.717, 1.165) is 50.3 Å². The molecule has 0 saturated heterocycles. The second kappa shape index (κ2) is 8.96. The summed E-state index contributed by atoms with van der Waals surface area (Å²) in [5, 5.41) is 13.4. The van der Waals surface area contributed by atoms with Crippen LogP contribution in [0, 0.1) is 0 Å². The van der Waals surface area contributed by atoms with Gasteiger partial charge in [-0.25, -0.2) is 9.38 Å². The number of nitrogens with zero attached hydrogens (tertiary/aromatic N) is 4. The van der Waals surface area contributed by atoms with E-state index in [9.17, 15) is 0 Å². The molecule has 1 aromatic carbocycles. The molecule has 0 saturated carbocycles. The molecule has 5 nitrogen and oxygen atoms in total. The highest BCUT2D eigenvalue weighted by molar-refractivity contribution is 7.99. The summed E-state index contributed by atoms with van der Waals surface area (Å²) in [5.41, 5.74) is 3.00. The van der Waals surface area contributed by atoms with Gasteiger partial charge in [0.25, 0.3) is 0 Å². The zero-order chi connectivity index (χ0) is 22.5. The van der Waals surface area contributed by atoms with Crippen molar-refractivity contribution in [2.75, 3.05) is 5.75 Å². The van der Waals surface area contributed by atoms with Crippen molar-refractivity contribution in [1.29, 1.82) is 0 Å². The lowest BCUT2D eigenvalue weighted by Crippen LogP contribution is -2.31. The van der Waals surface area contributed by atoms with Crippen LogP contribution in [0.1, 0.15) is 43.2 Å². The highest BCUT2D eigenvalue weighted by Crippen LogP contribution is 2.41. The number of fused-ring (bicyclic) bond motifs is 5. The van der Waals surface area contributed by atoms with Gasteiger partial charge in [0.15, 0.2) is 16.0 Å². The Kier molecular flexibility index (Phi) is 6.37. The third-order valence-corrected chi connectivity index (χ3v) is 9.13. The van der Waals surface area contributed by atoms with E-state index in [4.69, 9.17) is 32.9 Å². The van der Waals surface area contributed by atoms with Crippen LogP contribution in [0.15, 0.2) is 28.5 Å². The molecular weight excluding hydrogens is 503 g/mol. The number of benzene rings is 1. The fourth-order valence-corrected chi connectivity index (χ4v) is 7.30. The van der Waals surface area contributed by atoms with E-state index < -0.39 is 0 Å². The van der Waals surface area contributed by atoms with Gasteiger partial charge in [-0.05, 0) is 43.5 Å². The van der Waals surface area contributed by atoms with E-state index in [-0.39, 0.29) is 5.60 Å². The van der Waals surface area contributed by atoms with Crippen LogP contribution in [0.3, 0.4) is 0 Å². The molecule has 0 fully saturated rings. The summed E-state index contributed by atoms with van der Waals surface area (Å²) in [6.07, 6.45) is 1.91. The van der Waals surface area contributed by atoms with E-state index in [2.05, 4.69) is 35.4 Å². The van der Waals surface area contributed by atoms with E-state index in [0.29, 0.717) is 22.4 Å². The average Bonchev–Trinajstić information content (AvgIpc) is 3.31. The van der Waals surface area contributed by atoms with Gasteiger partial charge in [-0.1, -0.05) is 59.7 Å². The third kappa shape index (κ3) is 4.26. The fraction of sp³-hybridized carbons (Fsp3) is 0.409. The molecule has 0 N–H and O–H groups in total. The van der Waals surface area contributed by atoms with E-state index >= 15 is 0 Å². The van der Waals surface area contributed by atoms with Gasteiger partial charge in [0.1, 0.15) is 4.83 Å². The molecule has 0 spiro atoms. The summed E-state index contributed by atoms with van der Waals surface area (Å²) in [5.74, 6) is 1.66. The number of thioether (sulfide) groups is 2. The number of rotatable bonds is 6. The van der Waals surface area contributed by atoms with Crippen molar-refractivity contribution >= 4 is 73.9 Å². The van der Waals surface area contributed by atoms with E-state index in [1.807, 2.05) is 12.1 Å². The molecule has 168 valence electrons. The molecule has 0 bridgehead atoms. The van der Waals surface area contributed by atoms with Gasteiger partial charge in [0.05, 0.1) is 17.6 Å². The smallest absolute Gasteiger partial charge is 0.198 e. The lowest BCUT2D eigenvalue weighted by atomic mass is 9.94. The topological polar surface area (TPSA) is 52.3 Å². The summed E-state index contributed by atoms with van der Waals surface area (Å²) in [4.78, 5) is 7.33. The van der Waals surface area contributed by atoms with Crippen LogP contribution in [-0.4, -0.2) is 30.9 Å². The SMILES string of the molecule is CCCSc1nc2sc3c(c2c2nnc(SCc4ccc(Cl)cc4Cl)n12)CC(C)(C)OC3. The Labute approximate surface area is 209 Å². The maximum atomic E-state index is 6.39. The molecule has 1 aliphatic rings. The van der Waals surface area contributed by atoms with Crippen LogP contribution in [0.4, 0.5) is 0 Å². The first-order valence-corrected chi connectivity index (χ1v) is 13.9. The van der Waals surface area contributed by atoms with Crippen molar-refractivity contribution in [3.05, 3.63) is 44.2 Å². The highest BCUT2D eigenvalue weighted by atomic mass is 35.5.